The summed E-state index contributed by atoms with van der Waals surface area (Å²) in [5.74, 6) is 0.970. The van der Waals surface area contributed by atoms with Crippen LogP contribution in [0.5, 0.6) is 0 Å². The Balaban J connectivity index is 0.000000595. The molecule has 8 nitrogen and oxygen atoms in total. The van der Waals surface area contributed by atoms with Gasteiger partial charge in [0, 0.05) is 32.3 Å². The number of anilines is 1. The molecule has 3 rings (SSSR count). The number of rotatable bonds is 2. The number of aromatic nitrogens is 3. The highest BCUT2D eigenvalue weighted by Crippen LogP contribution is 2.17. The Morgan fingerprint density at radius 2 is 2.26 bits per heavy atom. The summed E-state index contributed by atoms with van der Waals surface area (Å²) >= 11 is 0. The maximum absolute atomic E-state index is 11.4. The molecule has 3 heterocycles. The molecule has 1 fully saturated rings. The van der Waals surface area contributed by atoms with E-state index in [4.69, 9.17) is 4.79 Å². The lowest BCUT2D eigenvalue weighted by atomic mass is 10.1. The minimum atomic E-state index is 0.166. The highest BCUT2D eigenvalue weighted by atomic mass is 16.2. The van der Waals surface area contributed by atoms with E-state index in [0.717, 1.165) is 49.3 Å². The van der Waals surface area contributed by atoms with Crippen molar-refractivity contribution in [2.45, 2.75) is 32.2 Å². The molecule has 1 saturated heterocycles. The summed E-state index contributed by atoms with van der Waals surface area (Å²) in [5, 5.41) is 3.44. The molecular formula is C15H22N6O2. The van der Waals surface area contributed by atoms with Crippen molar-refractivity contribution in [2.75, 3.05) is 18.4 Å². The molecule has 1 aliphatic rings. The van der Waals surface area contributed by atoms with Gasteiger partial charge in [0.25, 0.3) is 0 Å². The molecule has 124 valence electrons. The van der Waals surface area contributed by atoms with Crippen LogP contribution < -0.4 is 11.1 Å². The second-order valence-corrected chi connectivity index (χ2v) is 5.38. The van der Waals surface area contributed by atoms with E-state index < -0.39 is 0 Å². The Hall–Kier alpha value is -2.64. The fourth-order valence-corrected chi connectivity index (χ4v) is 2.66. The molecule has 2 aromatic heterocycles. The summed E-state index contributed by atoms with van der Waals surface area (Å²) in [6.07, 6.45) is 6.87. The molecule has 0 bridgehead atoms. The molecule has 4 N–H and O–H groups in total. The zero-order chi connectivity index (χ0) is 16.7. The van der Waals surface area contributed by atoms with Crippen LogP contribution in [-0.4, -0.2) is 51.3 Å². The molecule has 8 heteroatoms. The lowest BCUT2D eigenvalue weighted by Gasteiger charge is -2.19. The number of nitrogens with two attached hydrogens (primary N) is 1. The largest absolute Gasteiger partial charge is 0.372 e. The number of primary amides is 1. The average Bonchev–Trinajstić information content (AvgIpc) is 2.85. The summed E-state index contributed by atoms with van der Waals surface area (Å²) in [6.45, 7) is 3.31. The second-order valence-electron chi connectivity index (χ2n) is 5.38. The number of hydrogen-bond acceptors (Lipinski definition) is 5. The molecule has 0 aliphatic carbocycles. The van der Waals surface area contributed by atoms with Gasteiger partial charge in [-0.25, -0.2) is 9.97 Å². The van der Waals surface area contributed by atoms with Crippen LogP contribution in [0.2, 0.25) is 0 Å². The zero-order valence-electron chi connectivity index (χ0n) is 13.2. The molecule has 0 saturated carbocycles. The van der Waals surface area contributed by atoms with Crippen LogP contribution in [0.4, 0.5) is 5.82 Å². The Kier molecular flexibility index (Phi) is 5.90. The predicted molar refractivity (Wildman–Crippen MR) is 87.7 cm³/mol. The van der Waals surface area contributed by atoms with Gasteiger partial charge in [0.1, 0.15) is 11.3 Å². The Morgan fingerprint density at radius 3 is 3.00 bits per heavy atom. The average molecular weight is 318 g/mol. The predicted octanol–water partition coefficient (Wildman–Crippen LogP) is 0.872. The van der Waals surface area contributed by atoms with Gasteiger partial charge >= 0.3 is 0 Å². The first-order chi connectivity index (χ1) is 11.1. The quantitative estimate of drug-likeness (QED) is 0.710. The van der Waals surface area contributed by atoms with Crippen molar-refractivity contribution in [1.82, 2.24) is 19.9 Å². The summed E-state index contributed by atoms with van der Waals surface area (Å²) < 4.78 is 0. The molecule has 23 heavy (non-hydrogen) atoms. The third-order valence-electron chi connectivity index (χ3n) is 3.79. The zero-order valence-corrected chi connectivity index (χ0v) is 13.2. The van der Waals surface area contributed by atoms with E-state index in [1.54, 1.807) is 13.1 Å². The van der Waals surface area contributed by atoms with Gasteiger partial charge in [-0.15, -0.1) is 0 Å². The van der Waals surface area contributed by atoms with Gasteiger partial charge in [0.2, 0.25) is 12.3 Å². The van der Waals surface area contributed by atoms with Gasteiger partial charge in [-0.3, -0.25) is 9.59 Å². The van der Waals surface area contributed by atoms with Gasteiger partial charge in [-0.05, 0) is 25.3 Å². The molecule has 0 aromatic carbocycles. The number of carbonyl (C=O) groups is 2. The van der Waals surface area contributed by atoms with Gasteiger partial charge in [0.15, 0.2) is 5.65 Å². The molecule has 0 radical (unpaired) electrons. The summed E-state index contributed by atoms with van der Waals surface area (Å²) in [5.41, 5.74) is 5.84. The monoisotopic (exact) mass is 318 g/mol. The summed E-state index contributed by atoms with van der Waals surface area (Å²) in [7, 11) is 0. The van der Waals surface area contributed by atoms with Crippen molar-refractivity contribution in [3.05, 3.63) is 18.5 Å². The molecule has 1 unspecified atom stereocenters. The number of nitrogens with zero attached hydrogens (tertiary/aromatic N) is 3. The number of likely N-dealkylation sites (tertiary alicyclic amines) is 1. The second kappa shape index (κ2) is 8.11. The first-order valence-electron chi connectivity index (χ1n) is 7.61. The van der Waals surface area contributed by atoms with Crippen molar-refractivity contribution in [2.24, 2.45) is 5.73 Å². The maximum Gasteiger partial charge on any atom is 0.219 e. The van der Waals surface area contributed by atoms with E-state index in [1.165, 1.54) is 0 Å². The van der Waals surface area contributed by atoms with Crippen molar-refractivity contribution >= 4 is 29.3 Å². The van der Waals surface area contributed by atoms with Gasteiger partial charge in [-0.2, -0.15) is 0 Å². The van der Waals surface area contributed by atoms with Gasteiger partial charge in [0.05, 0.1) is 6.20 Å². The van der Waals surface area contributed by atoms with Crippen LogP contribution >= 0.6 is 0 Å². The summed E-state index contributed by atoms with van der Waals surface area (Å²) in [6, 6.07) is 2.27. The van der Waals surface area contributed by atoms with Gasteiger partial charge in [-0.1, -0.05) is 0 Å². The lowest BCUT2D eigenvalue weighted by Crippen LogP contribution is -2.30. The number of aromatic amines is 1. The van der Waals surface area contributed by atoms with Crippen molar-refractivity contribution < 1.29 is 9.59 Å². The van der Waals surface area contributed by atoms with Crippen LogP contribution in [0.15, 0.2) is 18.5 Å². The number of H-pyrrole nitrogens is 1. The Labute approximate surface area is 134 Å². The van der Waals surface area contributed by atoms with E-state index in [-0.39, 0.29) is 12.3 Å². The molecule has 1 aliphatic heterocycles. The van der Waals surface area contributed by atoms with Crippen LogP contribution in [0.25, 0.3) is 11.2 Å². The minimum Gasteiger partial charge on any atom is -0.372 e. The van der Waals surface area contributed by atoms with Crippen LogP contribution in [0.3, 0.4) is 0 Å². The molecule has 2 amide bonds. The standard InChI is InChI=1S/C14H19N5O.CH3NO/c1-10(20)19-7-2-3-11(5-8-19)17-13-9-16-14-12(18-13)4-6-15-14;2-1-3/h4,6,9,11H,2-3,5,7-8H2,1H3,(H,15,16)(H,17,18);1H,(H2,2,3). The van der Waals surface area contributed by atoms with Crippen molar-refractivity contribution in [1.29, 1.82) is 0 Å². The Bertz CT molecular complexity index is 656. The Morgan fingerprint density at radius 1 is 1.48 bits per heavy atom. The third kappa shape index (κ3) is 4.67. The van der Waals surface area contributed by atoms with Crippen LogP contribution in [0, 0.1) is 0 Å². The highest BCUT2D eigenvalue weighted by Gasteiger charge is 2.18. The lowest BCUT2D eigenvalue weighted by molar-refractivity contribution is -0.128. The molecular weight excluding hydrogens is 296 g/mol. The topological polar surface area (TPSA) is 117 Å². The van der Waals surface area contributed by atoms with E-state index in [1.807, 2.05) is 17.2 Å². The first-order valence-corrected chi connectivity index (χ1v) is 7.61. The van der Waals surface area contributed by atoms with E-state index >= 15 is 0 Å². The number of fused-ring (bicyclic) bond motifs is 1. The maximum atomic E-state index is 11.4. The van der Waals surface area contributed by atoms with Crippen molar-refractivity contribution in [3.63, 3.8) is 0 Å². The highest BCUT2D eigenvalue weighted by molar-refractivity contribution is 5.73. The molecule has 0 spiro atoms. The van der Waals surface area contributed by atoms with Crippen molar-refractivity contribution in [3.8, 4) is 0 Å². The van der Waals surface area contributed by atoms with Gasteiger partial charge < -0.3 is 20.9 Å². The molecule has 2 aromatic rings. The summed E-state index contributed by atoms with van der Waals surface area (Å²) in [4.78, 5) is 33.8. The number of amides is 2. The molecule has 1 atom stereocenters. The fourth-order valence-electron chi connectivity index (χ4n) is 2.66. The van der Waals surface area contributed by atoms with Crippen LogP contribution in [0.1, 0.15) is 26.2 Å². The number of nitrogens with one attached hydrogen (secondary N) is 2. The smallest absolute Gasteiger partial charge is 0.219 e. The fraction of sp³-hybridized carbons (Fsp3) is 0.467. The van der Waals surface area contributed by atoms with Crippen LogP contribution in [-0.2, 0) is 9.59 Å². The van der Waals surface area contributed by atoms with E-state index in [0.29, 0.717) is 6.04 Å². The number of hydrogen-bond donors (Lipinski definition) is 3. The minimum absolute atomic E-state index is 0.166. The van der Waals surface area contributed by atoms with E-state index in [9.17, 15) is 4.79 Å². The SMILES string of the molecule is CC(=O)N1CCCC(Nc2cnc3[nH]ccc3n2)CC1.NC=O. The normalized spacial score (nSPS) is 17.8. The third-order valence-corrected chi connectivity index (χ3v) is 3.79. The number of carbonyl (C=O) groups excluding carboxylic acids is 2. The van der Waals surface area contributed by atoms with E-state index in [2.05, 4.69) is 26.0 Å². The first kappa shape index (κ1) is 16.7.